The smallest absolute Gasteiger partial charge is 0.0570 e. The fraction of sp³-hybridized carbons (Fsp3) is 0.647. The molecule has 2 saturated heterocycles. The Hall–Kier alpha value is -0.900. The van der Waals surface area contributed by atoms with Crippen LogP contribution < -0.4 is 5.73 Å². The minimum atomic E-state index is -0.116. The van der Waals surface area contributed by atoms with Crippen molar-refractivity contribution in [2.75, 3.05) is 0 Å². The van der Waals surface area contributed by atoms with Gasteiger partial charge in [0.2, 0.25) is 0 Å². The molecule has 2 aliphatic rings. The molecule has 0 aromatic heterocycles. The van der Waals surface area contributed by atoms with Crippen molar-refractivity contribution in [3.63, 3.8) is 0 Å². The van der Waals surface area contributed by atoms with E-state index in [4.69, 9.17) is 5.73 Å². The fourth-order valence-electron chi connectivity index (χ4n) is 4.24. The highest BCUT2D eigenvalue weighted by atomic mass is 16.3. The van der Waals surface area contributed by atoms with Gasteiger partial charge in [-0.15, -0.1) is 0 Å². The van der Waals surface area contributed by atoms with Crippen LogP contribution in [0.4, 0.5) is 0 Å². The van der Waals surface area contributed by atoms with E-state index < -0.39 is 0 Å². The molecule has 110 valence electrons. The molecule has 3 rings (SSSR count). The van der Waals surface area contributed by atoms with Crippen LogP contribution >= 0.6 is 0 Å². The molecule has 0 radical (unpaired) electrons. The van der Waals surface area contributed by atoms with Crippen LogP contribution in [0, 0.1) is 6.92 Å². The van der Waals surface area contributed by atoms with Gasteiger partial charge >= 0.3 is 0 Å². The Kier molecular flexibility index (Phi) is 3.85. The van der Waals surface area contributed by atoms with Gasteiger partial charge < -0.3 is 10.8 Å². The van der Waals surface area contributed by atoms with Crippen molar-refractivity contribution in [1.29, 1.82) is 0 Å². The number of fused-ring (bicyclic) bond motifs is 2. The Morgan fingerprint density at radius 1 is 1.25 bits per heavy atom. The van der Waals surface area contributed by atoms with E-state index in [1.165, 1.54) is 24.0 Å². The average Bonchev–Trinajstić information content (AvgIpc) is 2.63. The number of hydrogen-bond donors (Lipinski definition) is 2. The summed E-state index contributed by atoms with van der Waals surface area (Å²) in [5.41, 5.74) is 8.95. The summed E-state index contributed by atoms with van der Waals surface area (Å²) < 4.78 is 0. The Morgan fingerprint density at radius 3 is 2.45 bits per heavy atom. The summed E-state index contributed by atoms with van der Waals surface area (Å²) >= 11 is 0. The highest BCUT2D eigenvalue weighted by Crippen LogP contribution is 2.42. The van der Waals surface area contributed by atoms with Gasteiger partial charge in [0.1, 0.15) is 0 Å². The molecule has 3 heteroatoms. The summed E-state index contributed by atoms with van der Waals surface area (Å²) in [4.78, 5) is 2.60. The van der Waals surface area contributed by atoms with E-state index >= 15 is 0 Å². The number of aliphatic hydroxyl groups excluding tert-OH is 1. The van der Waals surface area contributed by atoms with Crippen LogP contribution in [-0.2, 0) is 0 Å². The Morgan fingerprint density at radius 2 is 1.90 bits per heavy atom. The monoisotopic (exact) mass is 274 g/mol. The standard InChI is InChI=1S/C17H26N2O/c1-11-4-3-5-13(8-11)17(12(2)18)19-14-6-7-15(19)10-16(20)9-14/h3-5,8,12,14-17,20H,6-7,9-10,18H2,1-2H3. The molecule has 2 aliphatic heterocycles. The van der Waals surface area contributed by atoms with Gasteiger partial charge in [0, 0.05) is 18.1 Å². The summed E-state index contributed by atoms with van der Waals surface area (Å²) in [6.45, 7) is 4.24. The Bertz CT molecular complexity index is 460. The van der Waals surface area contributed by atoms with Gasteiger partial charge in [0.15, 0.2) is 0 Å². The van der Waals surface area contributed by atoms with Crippen LogP contribution in [0.2, 0.25) is 0 Å². The molecule has 0 saturated carbocycles. The normalized spacial score (nSPS) is 33.1. The van der Waals surface area contributed by atoms with Gasteiger partial charge in [0.05, 0.1) is 12.1 Å². The van der Waals surface area contributed by atoms with Crippen molar-refractivity contribution in [2.45, 2.75) is 69.8 Å². The first-order valence-corrected chi connectivity index (χ1v) is 7.84. The van der Waals surface area contributed by atoms with Crippen molar-refractivity contribution >= 4 is 0 Å². The van der Waals surface area contributed by atoms with Crippen molar-refractivity contribution in [3.05, 3.63) is 35.4 Å². The second kappa shape index (κ2) is 5.47. The summed E-state index contributed by atoms with van der Waals surface area (Å²) in [6, 6.07) is 10.1. The van der Waals surface area contributed by atoms with Crippen LogP contribution in [0.25, 0.3) is 0 Å². The largest absolute Gasteiger partial charge is 0.393 e. The predicted octanol–water partition coefficient (Wildman–Crippen LogP) is 2.37. The summed E-state index contributed by atoms with van der Waals surface area (Å²) in [5, 5.41) is 9.98. The maximum absolute atomic E-state index is 9.98. The molecule has 0 amide bonds. The second-order valence-electron chi connectivity index (χ2n) is 6.68. The van der Waals surface area contributed by atoms with E-state index in [0.717, 1.165) is 12.8 Å². The van der Waals surface area contributed by atoms with Crippen molar-refractivity contribution in [2.24, 2.45) is 5.73 Å². The van der Waals surface area contributed by atoms with Gasteiger partial charge in [-0.3, -0.25) is 4.90 Å². The van der Waals surface area contributed by atoms with Gasteiger partial charge in [-0.2, -0.15) is 0 Å². The minimum absolute atomic E-state index is 0.107. The van der Waals surface area contributed by atoms with Crippen LogP contribution in [0.5, 0.6) is 0 Å². The van der Waals surface area contributed by atoms with Gasteiger partial charge in [-0.25, -0.2) is 0 Å². The van der Waals surface area contributed by atoms with Crippen molar-refractivity contribution in [1.82, 2.24) is 4.90 Å². The van der Waals surface area contributed by atoms with Gasteiger partial charge in [-0.1, -0.05) is 29.8 Å². The lowest BCUT2D eigenvalue weighted by molar-refractivity contribution is 0.00410. The topological polar surface area (TPSA) is 49.5 Å². The van der Waals surface area contributed by atoms with Gasteiger partial charge in [-0.05, 0) is 45.1 Å². The molecule has 20 heavy (non-hydrogen) atoms. The molecule has 3 nitrogen and oxygen atoms in total. The zero-order valence-electron chi connectivity index (χ0n) is 12.5. The van der Waals surface area contributed by atoms with Crippen LogP contribution in [0.15, 0.2) is 24.3 Å². The molecular weight excluding hydrogens is 248 g/mol. The zero-order valence-corrected chi connectivity index (χ0v) is 12.5. The van der Waals surface area contributed by atoms with E-state index in [2.05, 4.69) is 43.0 Å². The maximum atomic E-state index is 9.98. The second-order valence-corrected chi connectivity index (χ2v) is 6.68. The molecule has 0 spiro atoms. The zero-order chi connectivity index (χ0) is 14.3. The van der Waals surface area contributed by atoms with E-state index in [9.17, 15) is 5.11 Å². The quantitative estimate of drug-likeness (QED) is 0.889. The molecule has 0 aliphatic carbocycles. The number of benzene rings is 1. The predicted molar refractivity (Wildman–Crippen MR) is 81.5 cm³/mol. The molecule has 2 heterocycles. The lowest BCUT2D eigenvalue weighted by Crippen LogP contribution is -2.50. The van der Waals surface area contributed by atoms with E-state index in [-0.39, 0.29) is 18.2 Å². The molecule has 1 aromatic carbocycles. The Labute approximate surface area is 121 Å². The van der Waals surface area contributed by atoms with Crippen LogP contribution in [0.1, 0.15) is 49.8 Å². The first-order chi connectivity index (χ1) is 9.56. The Balaban J connectivity index is 1.92. The number of aliphatic hydroxyl groups is 1. The number of aryl methyl sites for hydroxylation is 1. The SMILES string of the molecule is Cc1cccc(C(C(C)N)N2C3CCC2CC(O)C3)c1. The van der Waals surface area contributed by atoms with E-state index in [1.807, 2.05) is 0 Å². The molecule has 2 bridgehead atoms. The number of hydrogen-bond acceptors (Lipinski definition) is 3. The van der Waals surface area contributed by atoms with Crippen LogP contribution in [-0.4, -0.2) is 34.2 Å². The lowest BCUT2D eigenvalue weighted by atomic mass is 9.91. The highest BCUT2D eigenvalue weighted by Gasteiger charge is 2.44. The van der Waals surface area contributed by atoms with Crippen LogP contribution in [0.3, 0.4) is 0 Å². The van der Waals surface area contributed by atoms with E-state index in [1.54, 1.807) is 0 Å². The summed E-state index contributed by atoms with van der Waals surface area (Å²) in [6.07, 6.45) is 4.11. The minimum Gasteiger partial charge on any atom is -0.393 e. The fourth-order valence-corrected chi connectivity index (χ4v) is 4.24. The molecule has 3 N–H and O–H groups in total. The van der Waals surface area contributed by atoms with E-state index in [0.29, 0.717) is 12.1 Å². The number of rotatable bonds is 3. The average molecular weight is 274 g/mol. The maximum Gasteiger partial charge on any atom is 0.0570 e. The van der Waals surface area contributed by atoms with Crippen molar-refractivity contribution < 1.29 is 5.11 Å². The van der Waals surface area contributed by atoms with Gasteiger partial charge in [0.25, 0.3) is 0 Å². The first kappa shape index (κ1) is 14.1. The lowest BCUT2D eigenvalue weighted by Gasteiger charge is -2.44. The molecule has 1 aromatic rings. The summed E-state index contributed by atoms with van der Waals surface area (Å²) in [7, 11) is 0. The molecule has 4 atom stereocenters. The third-order valence-corrected chi connectivity index (χ3v) is 4.97. The number of nitrogens with two attached hydrogens (primary N) is 1. The third-order valence-electron chi connectivity index (χ3n) is 4.97. The third kappa shape index (κ3) is 2.50. The number of nitrogens with zero attached hydrogens (tertiary/aromatic N) is 1. The molecular formula is C17H26N2O. The molecule has 2 fully saturated rings. The number of piperidine rings is 1. The van der Waals surface area contributed by atoms with Crippen molar-refractivity contribution in [3.8, 4) is 0 Å². The highest BCUT2D eigenvalue weighted by molar-refractivity contribution is 5.27. The summed E-state index contributed by atoms with van der Waals surface area (Å²) in [5.74, 6) is 0. The first-order valence-electron chi connectivity index (χ1n) is 7.84. The molecule has 4 unspecified atom stereocenters.